The lowest BCUT2D eigenvalue weighted by molar-refractivity contribution is -0.0962. The van der Waals surface area contributed by atoms with Crippen molar-refractivity contribution in [2.45, 2.75) is 42.3 Å². The smallest absolute Gasteiger partial charge is 0.191 e. The Morgan fingerprint density at radius 1 is 1.23 bits per heavy atom. The summed E-state index contributed by atoms with van der Waals surface area (Å²) in [5, 5.41) is 53.3. The van der Waals surface area contributed by atoms with Crippen LogP contribution in [0.4, 0.5) is 5.82 Å². The van der Waals surface area contributed by atoms with E-state index >= 15 is 0 Å². The molecule has 1 saturated heterocycles. The van der Waals surface area contributed by atoms with Crippen molar-refractivity contribution in [3.63, 3.8) is 0 Å². The number of ether oxygens (including phenoxy) is 1. The van der Waals surface area contributed by atoms with E-state index < -0.39 is 37.3 Å². The summed E-state index contributed by atoms with van der Waals surface area (Å²) in [5.74, 6) is 0.581. The van der Waals surface area contributed by atoms with Gasteiger partial charge < -0.3 is 35.6 Å². The van der Waals surface area contributed by atoms with Crippen LogP contribution in [0, 0.1) is 0 Å². The fourth-order valence-corrected chi connectivity index (χ4v) is 3.83. The summed E-state index contributed by atoms with van der Waals surface area (Å²) in [6.07, 6.45) is -3.13. The number of benzene rings is 1. The number of nitrogens with one attached hydrogen (secondary N) is 1. The van der Waals surface area contributed by atoms with Gasteiger partial charge in [-0.25, -0.2) is 15.0 Å². The van der Waals surface area contributed by atoms with Crippen LogP contribution in [0.25, 0.3) is 11.2 Å². The Balaban J connectivity index is 1.68. The van der Waals surface area contributed by atoms with Gasteiger partial charge in [0.2, 0.25) is 0 Å². The van der Waals surface area contributed by atoms with Crippen LogP contribution in [0.2, 0.25) is 0 Å². The number of anilines is 1. The number of aromatic hydroxyl groups is 1. The molecule has 0 bridgehead atoms. The quantitative estimate of drug-likeness (QED) is 0.210. The minimum absolute atomic E-state index is 0.154. The van der Waals surface area contributed by atoms with Crippen LogP contribution in [0.5, 0.6) is 5.75 Å². The number of rotatable bonds is 7. The fourth-order valence-electron chi connectivity index (χ4n) is 3.47. The largest absolute Gasteiger partial charge is 0.508 e. The second-order valence-electron chi connectivity index (χ2n) is 7.09. The highest BCUT2D eigenvalue weighted by Crippen LogP contribution is 2.34. The number of aliphatic hydroxyl groups excluding tert-OH is 4. The standard InChI is InChI=1S/C19H23N5O6S/c1-31-19-22-16(20-6-9-4-2-3-5-10(9)26)12-17(23-19)24(8-21-12)18-14(29)13(28)15(30-18)11(27)7-25/h2-5,8,11,13-15,18,25-29H,6-7H2,1H3,(H,20,22,23)/t11-,13-,14-,15-,18-/m1/s1. The van der Waals surface area contributed by atoms with E-state index in [1.54, 1.807) is 18.2 Å². The van der Waals surface area contributed by atoms with Gasteiger partial charge in [-0.15, -0.1) is 0 Å². The van der Waals surface area contributed by atoms with E-state index in [4.69, 9.17) is 4.74 Å². The molecule has 4 rings (SSSR count). The SMILES string of the molecule is CSc1nc(NCc2ccccc2O)c2ncn([C@@H]3O[C@H]([C@H](O)CO)[C@H](O)[C@H]3O)c2n1. The van der Waals surface area contributed by atoms with Gasteiger partial charge in [0.1, 0.15) is 30.2 Å². The second kappa shape index (κ2) is 8.94. The normalized spacial score (nSPS) is 24.5. The summed E-state index contributed by atoms with van der Waals surface area (Å²) >= 11 is 1.31. The van der Waals surface area contributed by atoms with Crippen molar-refractivity contribution in [3.05, 3.63) is 36.2 Å². The summed E-state index contributed by atoms with van der Waals surface area (Å²) < 4.78 is 7.10. The molecule has 2 aromatic heterocycles. The lowest BCUT2D eigenvalue weighted by atomic mass is 10.1. The van der Waals surface area contributed by atoms with Gasteiger partial charge in [0, 0.05) is 12.1 Å². The third kappa shape index (κ3) is 4.05. The van der Waals surface area contributed by atoms with E-state index in [0.717, 1.165) is 0 Å². The minimum atomic E-state index is -1.40. The van der Waals surface area contributed by atoms with Crippen molar-refractivity contribution >= 4 is 28.7 Å². The zero-order chi connectivity index (χ0) is 22.1. The maximum Gasteiger partial charge on any atom is 0.191 e. The van der Waals surface area contributed by atoms with Crippen molar-refractivity contribution in [1.82, 2.24) is 19.5 Å². The molecule has 1 aromatic carbocycles. The van der Waals surface area contributed by atoms with Gasteiger partial charge in [-0.1, -0.05) is 30.0 Å². The molecular formula is C19H23N5O6S. The molecular weight excluding hydrogens is 426 g/mol. The van der Waals surface area contributed by atoms with Gasteiger partial charge in [0.25, 0.3) is 0 Å². The molecule has 3 aromatic rings. The Morgan fingerprint density at radius 2 is 2.00 bits per heavy atom. The lowest BCUT2D eigenvalue weighted by Gasteiger charge is -2.19. The van der Waals surface area contributed by atoms with Crippen molar-refractivity contribution in [2.24, 2.45) is 0 Å². The second-order valence-corrected chi connectivity index (χ2v) is 7.86. The molecule has 1 aliphatic rings. The molecule has 0 unspecified atom stereocenters. The molecule has 0 amide bonds. The highest BCUT2D eigenvalue weighted by atomic mass is 32.2. The van der Waals surface area contributed by atoms with Crippen LogP contribution in [0.15, 0.2) is 35.7 Å². The first-order valence-corrected chi connectivity index (χ1v) is 10.8. The Hall–Kier alpha value is -2.48. The molecule has 3 heterocycles. The number of para-hydroxylation sites is 1. The third-order valence-electron chi connectivity index (χ3n) is 5.14. The number of aliphatic hydroxyl groups is 4. The molecule has 166 valence electrons. The number of thioether (sulfide) groups is 1. The minimum Gasteiger partial charge on any atom is -0.508 e. The molecule has 11 nitrogen and oxygen atoms in total. The van der Waals surface area contributed by atoms with Crippen LogP contribution >= 0.6 is 11.8 Å². The maximum atomic E-state index is 10.5. The van der Waals surface area contributed by atoms with Crippen molar-refractivity contribution in [3.8, 4) is 5.75 Å². The predicted molar refractivity (Wildman–Crippen MR) is 112 cm³/mol. The monoisotopic (exact) mass is 449 g/mol. The molecule has 6 N–H and O–H groups in total. The highest BCUT2D eigenvalue weighted by molar-refractivity contribution is 7.98. The van der Waals surface area contributed by atoms with Crippen molar-refractivity contribution in [2.75, 3.05) is 18.2 Å². The van der Waals surface area contributed by atoms with Gasteiger partial charge in [-0.3, -0.25) is 4.57 Å². The molecule has 1 aliphatic heterocycles. The highest BCUT2D eigenvalue weighted by Gasteiger charge is 2.47. The third-order valence-corrected chi connectivity index (χ3v) is 5.68. The van der Waals surface area contributed by atoms with E-state index in [2.05, 4.69) is 20.3 Å². The molecule has 31 heavy (non-hydrogen) atoms. The lowest BCUT2D eigenvalue weighted by Crippen LogP contribution is -2.40. The predicted octanol–water partition coefficient (Wildman–Crippen LogP) is -0.162. The van der Waals surface area contributed by atoms with E-state index in [9.17, 15) is 25.5 Å². The van der Waals surface area contributed by atoms with Gasteiger partial charge in [0.05, 0.1) is 12.9 Å². The number of aromatic nitrogens is 4. The molecule has 0 saturated carbocycles. The first-order valence-electron chi connectivity index (χ1n) is 9.54. The van der Waals surface area contributed by atoms with Gasteiger partial charge in [-0.05, 0) is 12.3 Å². The van der Waals surface area contributed by atoms with Gasteiger partial charge >= 0.3 is 0 Å². The molecule has 0 aliphatic carbocycles. The summed E-state index contributed by atoms with van der Waals surface area (Å²) in [6, 6.07) is 6.93. The zero-order valence-electron chi connectivity index (χ0n) is 16.5. The Kier molecular flexibility index (Phi) is 6.27. The summed E-state index contributed by atoms with van der Waals surface area (Å²) in [6.45, 7) is -0.323. The fraction of sp³-hybridized carbons (Fsp3) is 0.421. The van der Waals surface area contributed by atoms with Crippen molar-refractivity contribution in [1.29, 1.82) is 0 Å². The molecule has 12 heteroatoms. The number of nitrogens with zero attached hydrogens (tertiary/aromatic N) is 4. The number of fused-ring (bicyclic) bond motifs is 1. The van der Waals surface area contributed by atoms with Crippen LogP contribution in [-0.4, -0.2) is 82.3 Å². The molecule has 0 radical (unpaired) electrons. The molecule has 1 fully saturated rings. The number of phenols is 1. The van der Waals surface area contributed by atoms with Gasteiger partial charge in [0.15, 0.2) is 28.4 Å². The van der Waals surface area contributed by atoms with Crippen molar-refractivity contribution < 1.29 is 30.3 Å². The van der Waals surface area contributed by atoms with Gasteiger partial charge in [-0.2, -0.15) is 0 Å². The Labute approximate surface area is 181 Å². The average molecular weight is 449 g/mol. The first-order chi connectivity index (χ1) is 14.9. The van der Waals surface area contributed by atoms with Crippen LogP contribution in [-0.2, 0) is 11.3 Å². The van der Waals surface area contributed by atoms with E-state index in [1.165, 1.54) is 22.7 Å². The maximum absolute atomic E-state index is 10.5. The van der Waals surface area contributed by atoms with E-state index in [1.807, 2.05) is 12.3 Å². The van der Waals surface area contributed by atoms with E-state index in [0.29, 0.717) is 34.2 Å². The van der Waals surface area contributed by atoms with Crippen LogP contribution in [0.3, 0.4) is 0 Å². The number of hydrogen-bond donors (Lipinski definition) is 6. The van der Waals surface area contributed by atoms with Crippen LogP contribution < -0.4 is 5.32 Å². The molecule has 0 spiro atoms. The average Bonchev–Trinajstić information content (AvgIpc) is 3.33. The Morgan fingerprint density at radius 3 is 2.71 bits per heavy atom. The van der Waals surface area contributed by atoms with E-state index in [-0.39, 0.29) is 5.75 Å². The zero-order valence-corrected chi connectivity index (χ0v) is 17.3. The topological polar surface area (TPSA) is 166 Å². The summed E-state index contributed by atoms with van der Waals surface area (Å²) in [7, 11) is 0. The molecule has 5 atom stereocenters. The Bertz CT molecular complexity index is 1070. The number of imidazole rings is 1. The number of phenolic OH excluding ortho intramolecular Hbond substituents is 1. The number of hydrogen-bond acceptors (Lipinski definition) is 11. The first kappa shape index (κ1) is 21.7. The summed E-state index contributed by atoms with van der Waals surface area (Å²) in [4.78, 5) is 13.3. The van der Waals surface area contributed by atoms with Crippen LogP contribution in [0.1, 0.15) is 11.8 Å². The summed E-state index contributed by atoms with van der Waals surface area (Å²) in [5.41, 5.74) is 1.44.